The van der Waals surface area contributed by atoms with Gasteiger partial charge in [0.1, 0.15) is 11.6 Å². The van der Waals surface area contributed by atoms with Crippen LogP contribution < -0.4 is 4.74 Å². The summed E-state index contributed by atoms with van der Waals surface area (Å²) >= 11 is 0. The summed E-state index contributed by atoms with van der Waals surface area (Å²) in [4.78, 5) is 3.33. The van der Waals surface area contributed by atoms with Crippen LogP contribution in [0.4, 0.5) is 4.39 Å². The Kier molecular flexibility index (Phi) is 3.56. The van der Waals surface area contributed by atoms with Gasteiger partial charge in [0.05, 0.1) is 25.3 Å². The van der Waals surface area contributed by atoms with E-state index in [1.807, 2.05) is 18.2 Å². The number of H-pyrrole nitrogens is 1. The normalized spacial score (nSPS) is 10.6. The van der Waals surface area contributed by atoms with Crippen molar-refractivity contribution in [1.82, 2.24) is 4.98 Å². The fourth-order valence-corrected chi connectivity index (χ4v) is 2.66. The van der Waals surface area contributed by atoms with Crippen molar-refractivity contribution in [2.75, 3.05) is 7.11 Å². The highest BCUT2D eigenvalue weighted by Gasteiger charge is 2.14. The third-order valence-electron chi connectivity index (χ3n) is 3.82. The quantitative estimate of drug-likeness (QED) is 0.780. The van der Waals surface area contributed by atoms with E-state index in [1.54, 1.807) is 26.2 Å². The van der Waals surface area contributed by atoms with E-state index in [0.717, 1.165) is 33.5 Å². The first-order valence-corrected chi connectivity index (χ1v) is 6.96. The lowest BCUT2D eigenvalue weighted by Gasteiger charge is -2.04. The molecule has 110 valence electrons. The number of ether oxygens (including phenoxy) is 1. The standard InChI is InChI=1S/C18H15FN2O/c1-11-9-12(3-5-16(11)19)18-14(7-8-20)15-10-13(22-2)4-6-17(15)21-18/h3-6,9-10,21H,7H2,1-2H3. The van der Waals surface area contributed by atoms with Gasteiger partial charge in [-0.2, -0.15) is 5.26 Å². The molecule has 4 heteroatoms. The number of fused-ring (bicyclic) bond motifs is 1. The van der Waals surface area contributed by atoms with E-state index in [4.69, 9.17) is 10.00 Å². The summed E-state index contributed by atoms with van der Waals surface area (Å²) in [5.41, 5.74) is 4.15. The highest BCUT2D eigenvalue weighted by molar-refractivity contribution is 5.92. The van der Waals surface area contributed by atoms with Gasteiger partial charge in [0, 0.05) is 10.9 Å². The number of hydrogen-bond donors (Lipinski definition) is 1. The Labute approximate surface area is 128 Å². The second kappa shape index (κ2) is 5.53. The largest absolute Gasteiger partial charge is 0.497 e. The first-order chi connectivity index (χ1) is 10.6. The van der Waals surface area contributed by atoms with Gasteiger partial charge in [-0.25, -0.2) is 4.39 Å². The molecule has 0 fully saturated rings. The molecule has 0 saturated carbocycles. The van der Waals surface area contributed by atoms with Crippen LogP contribution >= 0.6 is 0 Å². The van der Waals surface area contributed by atoms with E-state index in [1.165, 1.54) is 6.07 Å². The van der Waals surface area contributed by atoms with Gasteiger partial charge in [0.25, 0.3) is 0 Å². The minimum absolute atomic E-state index is 0.233. The van der Waals surface area contributed by atoms with Gasteiger partial charge in [-0.3, -0.25) is 0 Å². The highest BCUT2D eigenvalue weighted by Crippen LogP contribution is 2.33. The Bertz CT molecular complexity index is 890. The van der Waals surface area contributed by atoms with E-state index in [9.17, 15) is 4.39 Å². The van der Waals surface area contributed by atoms with E-state index in [2.05, 4.69) is 11.1 Å². The summed E-state index contributed by atoms with van der Waals surface area (Å²) in [5, 5.41) is 10.1. The molecule has 1 heterocycles. The van der Waals surface area contributed by atoms with Gasteiger partial charge in [-0.1, -0.05) is 0 Å². The molecule has 1 aromatic heterocycles. The molecule has 3 nitrogen and oxygen atoms in total. The molecular formula is C18H15FN2O. The molecule has 0 aliphatic carbocycles. The van der Waals surface area contributed by atoms with E-state index >= 15 is 0 Å². The fourth-order valence-electron chi connectivity index (χ4n) is 2.66. The molecule has 0 amide bonds. The maximum Gasteiger partial charge on any atom is 0.126 e. The number of aryl methyl sites for hydroxylation is 1. The summed E-state index contributed by atoms with van der Waals surface area (Å²) < 4.78 is 18.7. The molecule has 0 aliphatic heterocycles. The summed E-state index contributed by atoms with van der Waals surface area (Å²) in [6, 6.07) is 12.9. The number of nitriles is 1. The van der Waals surface area contributed by atoms with Gasteiger partial charge in [-0.05, 0) is 60.0 Å². The third-order valence-corrected chi connectivity index (χ3v) is 3.82. The average Bonchev–Trinajstić information content (AvgIpc) is 2.88. The van der Waals surface area contributed by atoms with Crippen LogP contribution in [0.1, 0.15) is 11.1 Å². The van der Waals surface area contributed by atoms with Crippen LogP contribution in [0.3, 0.4) is 0 Å². The predicted octanol–water partition coefficient (Wildman–Crippen LogP) is 4.36. The molecule has 0 saturated heterocycles. The van der Waals surface area contributed by atoms with Crippen molar-refractivity contribution in [3.05, 3.63) is 53.3 Å². The fraction of sp³-hybridized carbons (Fsp3) is 0.167. The zero-order chi connectivity index (χ0) is 15.7. The zero-order valence-corrected chi connectivity index (χ0v) is 12.4. The van der Waals surface area contributed by atoms with Crippen LogP contribution in [-0.2, 0) is 6.42 Å². The zero-order valence-electron chi connectivity index (χ0n) is 12.4. The molecule has 0 atom stereocenters. The lowest BCUT2D eigenvalue weighted by Crippen LogP contribution is -1.89. The van der Waals surface area contributed by atoms with Gasteiger partial charge >= 0.3 is 0 Å². The molecule has 0 bridgehead atoms. The molecule has 0 unspecified atom stereocenters. The first kappa shape index (κ1) is 14.2. The summed E-state index contributed by atoms with van der Waals surface area (Å²) in [5.74, 6) is 0.510. The van der Waals surface area contributed by atoms with Crippen LogP contribution in [0.5, 0.6) is 5.75 Å². The van der Waals surface area contributed by atoms with E-state index in [0.29, 0.717) is 5.56 Å². The molecule has 2 aromatic carbocycles. The molecule has 22 heavy (non-hydrogen) atoms. The number of hydrogen-bond acceptors (Lipinski definition) is 2. The van der Waals surface area contributed by atoms with Gasteiger partial charge in [0.15, 0.2) is 0 Å². The van der Waals surface area contributed by atoms with Gasteiger partial charge < -0.3 is 9.72 Å². The highest BCUT2D eigenvalue weighted by atomic mass is 19.1. The number of aromatic amines is 1. The van der Waals surface area contributed by atoms with Crippen molar-refractivity contribution in [2.24, 2.45) is 0 Å². The molecular weight excluding hydrogens is 279 g/mol. The van der Waals surface area contributed by atoms with Crippen molar-refractivity contribution in [1.29, 1.82) is 5.26 Å². The molecule has 0 aliphatic rings. The lowest BCUT2D eigenvalue weighted by atomic mass is 10.0. The summed E-state index contributed by atoms with van der Waals surface area (Å²) in [6.45, 7) is 1.73. The number of aromatic nitrogens is 1. The smallest absolute Gasteiger partial charge is 0.126 e. The van der Waals surface area contributed by atoms with Gasteiger partial charge in [0.2, 0.25) is 0 Å². The third kappa shape index (κ3) is 2.31. The van der Waals surface area contributed by atoms with Crippen molar-refractivity contribution in [3.8, 4) is 23.1 Å². The monoisotopic (exact) mass is 294 g/mol. The maximum absolute atomic E-state index is 13.5. The molecule has 1 N–H and O–H groups in total. The Morgan fingerprint density at radius 1 is 1.23 bits per heavy atom. The first-order valence-electron chi connectivity index (χ1n) is 6.96. The number of nitrogens with one attached hydrogen (secondary N) is 1. The van der Waals surface area contributed by atoms with Crippen LogP contribution in [0.15, 0.2) is 36.4 Å². The molecule has 3 aromatic rings. The van der Waals surface area contributed by atoms with Crippen LogP contribution in [0.25, 0.3) is 22.2 Å². The summed E-state index contributed by atoms with van der Waals surface area (Å²) in [7, 11) is 1.61. The maximum atomic E-state index is 13.5. The minimum atomic E-state index is -0.233. The lowest BCUT2D eigenvalue weighted by molar-refractivity contribution is 0.415. The van der Waals surface area contributed by atoms with E-state index < -0.39 is 0 Å². The SMILES string of the molecule is COc1ccc2[nH]c(-c3ccc(F)c(C)c3)c(CC#N)c2c1. The van der Waals surface area contributed by atoms with Crippen LogP contribution in [0, 0.1) is 24.1 Å². The Balaban J connectivity index is 2.26. The van der Waals surface area contributed by atoms with Crippen molar-refractivity contribution < 1.29 is 9.13 Å². The van der Waals surface area contributed by atoms with E-state index in [-0.39, 0.29) is 12.2 Å². The molecule has 3 rings (SSSR count). The minimum Gasteiger partial charge on any atom is -0.497 e. The van der Waals surface area contributed by atoms with Crippen molar-refractivity contribution >= 4 is 10.9 Å². The van der Waals surface area contributed by atoms with Crippen molar-refractivity contribution in [2.45, 2.75) is 13.3 Å². The second-order valence-electron chi connectivity index (χ2n) is 5.19. The van der Waals surface area contributed by atoms with Crippen LogP contribution in [0.2, 0.25) is 0 Å². The number of benzene rings is 2. The number of methoxy groups -OCH3 is 1. The second-order valence-corrected chi connectivity index (χ2v) is 5.19. The molecule has 0 spiro atoms. The van der Waals surface area contributed by atoms with Crippen LogP contribution in [-0.4, -0.2) is 12.1 Å². The number of rotatable bonds is 3. The average molecular weight is 294 g/mol. The Morgan fingerprint density at radius 3 is 2.73 bits per heavy atom. The van der Waals surface area contributed by atoms with Crippen molar-refractivity contribution in [3.63, 3.8) is 0 Å². The van der Waals surface area contributed by atoms with Gasteiger partial charge in [-0.15, -0.1) is 0 Å². The topological polar surface area (TPSA) is 48.8 Å². The number of halogens is 1. The Hall–Kier alpha value is -2.80. The predicted molar refractivity (Wildman–Crippen MR) is 84.3 cm³/mol. The summed E-state index contributed by atoms with van der Waals surface area (Å²) in [6.07, 6.45) is 0.277. The molecule has 0 radical (unpaired) electrons. The number of nitrogens with zero attached hydrogens (tertiary/aromatic N) is 1. The Morgan fingerprint density at radius 2 is 2.05 bits per heavy atom.